The maximum absolute atomic E-state index is 5.93. The van der Waals surface area contributed by atoms with Gasteiger partial charge in [-0.05, 0) is 0 Å². The molecular weight excluding hydrogens is 383 g/mol. The van der Waals surface area contributed by atoms with Crippen LogP contribution in [0.1, 0.15) is 5.56 Å². The van der Waals surface area contributed by atoms with Gasteiger partial charge in [0.1, 0.15) is 0 Å². The molecule has 0 fully saturated rings. The molecule has 0 spiro atoms. The summed E-state index contributed by atoms with van der Waals surface area (Å²) in [6.07, 6.45) is 0. The van der Waals surface area contributed by atoms with E-state index < -0.39 is 10.3 Å². The molecule has 0 bridgehead atoms. The SMILES string of the molecule is Cc1cccc[c]1[Sb-]([Cl])([Cl])([Cl])([Cl])[Cl]. The summed E-state index contributed by atoms with van der Waals surface area (Å²) in [5.41, 5.74) is 0.793. The molecular formula is C7H7Cl5Sb-. The van der Waals surface area contributed by atoms with Crippen molar-refractivity contribution < 1.29 is 0 Å². The third-order valence-corrected chi connectivity index (χ3v) is 11.7. The van der Waals surface area contributed by atoms with Crippen molar-refractivity contribution in [2.45, 2.75) is 6.92 Å². The Morgan fingerprint density at radius 3 is 1.69 bits per heavy atom. The maximum atomic E-state index is 5.93. The zero-order valence-electron chi connectivity index (χ0n) is 6.65. The van der Waals surface area contributed by atoms with Gasteiger partial charge in [-0.15, -0.1) is 0 Å². The quantitative estimate of drug-likeness (QED) is 0.630. The summed E-state index contributed by atoms with van der Waals surface area (Å²) in [4.78, 5) is 0. The van der Waals surface area contributed by atoms with Crippen LogP contribution in [0.15, 0.2) is 24.3 Å². The predicted molar refractivity (Wildman–Crippen MR) is 65.8 cm³/mol. The molecule has 0 nitrogen and oxygen atoms in total. The molecule has 1 aromatic carbocycles. The van der Waals surface area contributed by atoms with Crippen molar-refractivity contribution in [3.05, 3.63) is 29.8 Å². The van der Waals surface area contributed by atoms with Crippen molar-refractivity contribution in [1.82, 2.24) is 0 Å². The van der Waals surface area contributed by atoms with Crippen LogP contribution in [-0.4, -0.2) is 10.3 Å². The molecule has 0 aliphatic heterocycles. The zero-order valence-corrected chi connectivity index (χ0v) is 13.0. The summed E-state index contributed by atoms with van der Waals surface area (Å²) in [5.74, 6) is 0. The number of aryl methyl sites for hydroxylation is 1. The molecule has 0 amide bonds. The number of hydrogen-bond donors (Lipinski definition) is 0. The van der Waals surface area contributed by atoms with Crippen LogP contribution in [0.3, 0.4) is 0 Å². The fourth-order valence-electron chi connectivity index (χ4n) is 1.04. The third kappa shape index (κ3) is 3.52. The van der Waals surface area contributed by atoms with Gasteiger partial charge in [0.15, 0.2) is 0 Å². The van der Waals surface area contributed by atoms with Crippen molar-refractivity contribution in [3.8, 4) is 0 Å². The van der Waals surface area contributed by atoms with Crippen molar-refractivity contribution in [2.75, 3.05) is 0 Å². The first-order chi connectivity index (χ1) is 5.50. The summed E-state index contributed by atoms with van der Waals surface area (Å²) in [6.45, 7) is 1.80. The third-order valence-electron chi connectivity index (χ3n) is 1.57. The van der Waals surface area contributed by atoms with Crippen molar-refractivity contribution in [1.29, 1.82) is 0 Å². The van der Waals surface area contributed by atoms with Crippen LogP contribution in [0.4, 0.5) is 0 Å². The van der Waals surface area contributed by atoms with Gasteiger partial charge in [-0.25, -0.2) is 0 Å². The van der Waals surface area contributed by atoms with Gasteiger partial charge in [-0.1, -0.05) is 0 Å². The van der Waals surface area contributed by atoms with Crippen molar-refractivity contribution >= 4 is 57.9 Å². The monoisotopic (exact) mass is 387 g/mol. The summed E-state index contributed by atoms with van der Waals surface area (Å²) < 4.78 is 0.435. The Kier molecular flexibility index (Phi) is 2.90. The second-order valence-electron chi connectivity index (χ2n) is 2.85. The van der Waals surface area contributed by atoms with Gasteiger partial charge in [0.25, 0.3) is 0 Å². The van der Waals surface area contributed by atoms with Crippen LogP contribution in [0, 0.1) is 6.92 Å². The van der Waals surface area contributed by atoms with E-state index in [1.807, 2.05) is 6.07 Å². The van der Waals surface area contributed by atoms with Crippen LogP contribution in [0.25, 0.3) is 0 Å². The van der Waals surface area contributed by atoms with Gasteiger partial charge < -0.3 is 0 Å². The summed E-state index contributed by atoms with van der Waals surface area (Å²) in [6, 6.07) is 7.03. The molecule has 6 heteroatoms. The molecule has 0 saturated heterocycles. The molecule has 13 heavy (non-hydrogen) atoms. The predicted octanol–water partition coefficient (Wildman–Crippen LogP) is 4.24. The molecule has 1 aromatic rings. The molecule has 1 rings (SSSR count). The van der Waals surface area contributed by atoms with Gasteiger partial charge in [0.2, 0.25) is 0 Å². The average Bonchev–Trinajstić information content (AvgIpc) is 1.82. The first-order valence-corrected chi connectivity index (χ1v) is 20.8. The molecule has 0 heterocycles. The van der Waals surface area contributed by atoms with Gasteiger partial charge in [0, 0.05) is 0 Å². The Morgan fingerprint density at radius 1 is 0.923 bits per heavy atom. The molecule has 76 valence electrons. The second-order valence-corrected chi connectivity index (χ2v) is 50.2. The van der Waals surface area contributed by atoms with Crippen LogP contribution < -0.4 is 3.51 Å². The number of hydrogen-bond acceptors (Lipinski definition) is 0. The fraction of sp³-hybridized carbons (Fsp3) is 0.143. The minimum atomic E-state index is -5.53. The summed E-state index contributed by atoms with van der Waals surface area (Å²) in [7, 11) is 24.1. The molecule has 0 aromatic heterocycles. The Balaban J connectivity index is 3.50. The summed E-state index contributed by atoms with van der Waals surface area (Å²) >= 11 is 0. The number of rotatable bonds is 1. The Bertz CT molecular complexity index is 338. The van der Waals surface area contributed by atoms with E-state index in [2.05, 4.69) is 0 Å². The van der Waals surface area contributed by atoms with E-state index in [4.69, 9.17) is 44.1 Å². The van der Waals surface area contributed by atoms with Crippen LogP contribution in [0.2, 0.25) is 0 Å². The topological polar surface area (TPSA) is 0 Å². The van der Waals surface area contributed by atoms with Crippen LogP contribution in [-0.2, 0) is 0 Å². The molecule has 0 saturated carbocycles. The van der Waals surface area contributed by atoms with E-state index >= 15 is 0 Å². The second kappa shape index (κ2) is 3.00. The zero-order chi connectivity index (χ0) is 10.4. The first kappa shape index (κ1) is 12.6. The Labute approximate surface area is 93.5 Å². The van der Waals surface area contributed by atoms with Gasteiger partial charge >= 0.3 is 94.7 Å². The van der Waals surface area contributed by atoms with Gasteiger partial charge in [0.05, 0.1) is 0 Å². The minimum absolute atomic E-state index is 0.435. The number of halogens is 5. The standard InChI is InChI=1S/C7H7.5ClH.Sb/c1-7-5-3-2-4-6-7;;;;;;/h2-5H,1H3;5*1H;/q;;;;;;+4/p-5. The molecule has 0 N–H and O–H groups in total. The Morgan fingerprint density at radius 2 is 1.38 bits per heavy atom. The van der Waals surface area contributed by atoms with Gasteiger partial charge in [-0.2, -0.15) is 0 Å². The van der Waals surface area contributed by atoms with Gasteiger partial charge in [-0.3, -0.25) is 0 Å². The number of benzene rings is 1. The van der Waals surface area contributed by atoms with E-state index in [1.54, 1.807) is 25.1 Å². The first-order valence-electron chi connectivity index (χ1n) is 3.40. The van der Waals surface area contributed by atoms with E-state index in [1.165, 1.54) is 0 Å². The van der Waals surface area contributed by atoms with Crippen molar-refractivity contribution in [2.24, 2.45) is 0 Å². The Hall–Kier alpha value is 1.49. The van der Waals surface area contributed by atoms with E-state index in [0.717, 1.165) is 5.56 Å². The van der Waals surface area contributed by atoms with E-state index in [0.29, 0.717) is 3.51 Å². The summed E-state index contributed by atoms with van der Waals surface area (Å²) in [5, 5.41) is 0. The molecule has 0 atom stereocenters. The van der Waals surface area contributed by atoms with Crippen molar-refractivity contribution in [3.63, 3.8) is 0 Å². The average molecular weight is 390 g/mol. The molecule has 0 radical (unpaired) electrons. The molecule has 0 unspecified atom stereocenters. The van der Waals surface area contributed by atoms with Crippen LogP contribution in [0.5, 0.6) is 0 Å². The van der Waals surface area contributed by atoms with Crippen LogP contribution >= 0.6 is 44.1 Å². The molecule has 0 aliphatic carbocycles. The van der Waals surface area contributed by atoms with E-state index in [-0.39, 0.29) is 0 Å². The van der Waals surface area contributed by atoms with E-state index in [9.17, 15) is 0 Å². The fourth-order valence-corrected chi connectivity index (χ4v) is 10.6. The molecule has 0 aliphatic rings. The normalized spacial score (nSPS) is 17.7.